The highest BCUT2D eigenvalue weighted by Gasteiger charge is 2.20. The van der Waals surface area contributed by atoms with Crippen molar-refractivity contribution in [3.63, 3.8) is 0 Å². The van der Waals surface area contributed by atoms with Gasteiger partial charge in [0.25, 0.3) is 0 Å². The second-order valence-electron chi connectivity index (χ2n) is 5.41. The number of aromatic nitrogens is 1. The summed E-state index contributed by atoms with van der Waals surface area (Å²) < 4.78 is 0. The number of rotatable bonds is 5. The van der Waals surface area contributed by atoms with E-state index in [1.165, 1.54) is 29.1 Å². The monoisotopic (exact) mass is 338 g/mol. The Morgan fingerprint density at radius 1 is 1.43 bits per heavy atom. The van der Waals surface area contributed by atoms with Crippen LogP contribution < -0.4 is 0 Å². The molecule has 1 fully saturated rings. The molecule has 1 aliphatic rings. The Balaban J connectivity index is 1.73. The Kier molecular flexibility index (Phi) is 5.22. The van der Waals surface area contributed by atoms with Crippen LogP contribution in [-0.4, -0.2) is 34.5 Å². The van der Waals surface area contributed by atoms with E-state index in [9.17, 15) is 0 Å². The van der Waals surface area contributed by atoms with E-state index in [4.69, 9.17) is 11.6 Å². The summed E-state index contributed by atoms with van der Waals surface area (Å²) >= 11 is 9.57. The minimum atomic E-state index is 0.484. The summed E-state index contributed by atoms with van der Waals surface area (Å²) in [4.78, 5) is 7.04. The summed E-state index contributed by atoms with van der Waals surface area (Å²) in [5.41, 5.74) is 3.51. The molecule has 2 heterocycles. The smallest absolute Gasteiger partial charge is 0.123 e. The van der Waals surface area contributed by atoms with Gasteiger partial charge in [-0.15, -0.1) is 22.9 Å². The molecule has 0 amide bonds. The molecule has 112 valence electrons. The van der Waals surface area contributed by atoms with Crippen LogP contribution in [0.15, 0.2) is 29.6 Å². The largest absolute Gasteiger partial charge is 0.298 e. The van der Waals surface area contributed by atoms with E-state index in [1.54, 1.807) is 11.3 Å². The van der Waals surface area contributed by atoms with Crippen LogP contribution in [0.25, 0.3) is 10.6 Å². The average molecular weight is 339 g/mol. The van der Waals surface area contributed by atoms with Gasteiger partial charge >= 0.3 is 0 Å². The van der Waals surface area contributed by atoms with Crippen molar-refractivity contribution in [3.8, 4) is 10.6 Å². The molecule has 1 aliphatic heterocycles. The molecule has 1 unspecified atom stereocenters. The SMILES string of the molecule is CN(Cc1cccc(-c2nc(CCl)cs2)c1)C1CCSC1. The molecule has 2 aromatic rings. The van der Waals surface area contributed by atoms with Crippen molar-refractivity contribution in [1.82, 2.24) is 9.88 Å². The summed E-state index contributed by atoms with van der Waals surface area (Å²) in [5, 5.41) is 3.10. The second-order valence-corrected chi connectivity index (χ2v) is 7.69. The van der Waals surface area contributed by atoms with Gasteiger partial charge in [0.15, 0.2) is 0 Å². The zero-order valence-corrected chi connectivity index (χ0v) is 14.5. The van der Waals surface area contributed by atoms with Crippen LogP contribution >= 0.6 is 34.7 Å². The van der Waals surface area contributed by atoms with Gasteiger partial charge in [-0.05, 0) is 30.9 Å². The minimum Gasteiger partial charge on any atom is -0.298 e. The summed E-state index contributed by atoms with van der Waals surface area (Å²) in [6, 6.07) is 9.45. The molecule has 0 aliphatic carbocycles. The van der Waals surface area contributed by atoms with Crippen molar-refractivity contribution < 1.29 is 0 Å². The number of thiazole rings is 1. The number of hydrogen-bond acceptors (Lipinski definition) is 4. The van der Waals surface area contributed by atoms with E-state index in [-0.39, 0.29) is 0 Å². The van der Waals surface area contributed by atoms with Gasteiger partial charge in [-0.3, -0.25) is 4.90 Å². The highest BCUT2D eigenvalue weighted by Crippen LogP contribution is 2.27. The first-order valence-corrected chi connectivity index (χ1v) is 9.71. The lowest BCUT2D eigenvalue weighted by Crippen LogP contribution is -2.30. The predicted molar refractivity (Wildman–Crippen MR) is 94.3 cm³/mol. The van der Waals surface area contributed by atoms with Gasteiger partial charge in [0, 0.05) is 29.3 Å². The number of thioether (sulfide) groups is 1. The van der Waals surface area contributed by atoms with Crippen LogP contribution in [0.2, 0.25) is 0 Å². The fraction of sp³-hybridized carbons (Fsp3) is 0.438. The van der Waals surface area contributed by atoms with Gasteiger partial charge in [0.2, 0.25) is 0 Å². The Morgan fingerprint density at radius 3 is 3.05 bits per heavy atom. The number of nitrogens with zero attached hydrogens (tertiary/aromatic N) is 2. The maximum Gasteiger partial charge on any atom is 0.123 e. The summed E-state index contributed by atoms with van der Waals surface area (Å²) in [6.07, 6.45) is 1.31. The molecule has 2 nitrogen and oxygen atoms in total. The van der Waals surface area contributed by atoms with Crippen LogP contribution in [-0.2, 0) is 12.4 Å². The van der Waals surface area contributed by atoms with E-state index in [0.29, 0.717) is 5.88 Å². The van der Waals surface area contributed by atoms with Crippen LogP contribution in [0.3, 0.4) is 0 Å². The number of alkyl halides is 1. The average Bonchev–Trinajstić information content (AvgIpc) is 3.19. The molecule has 1 atom stereocenters. The maximum atomic E-state index is 5.84. The Hall–Kier alpha value is -0.550. The van der Waals surface area contributed by atoms with Crippen molar-refractivity contribution in [3.05, 3.63) is 40.9 Å². The topological polar surface area (TPSA) is 16.1 Å². The lowest BCUT2D eigenvalue weighted by Gasteiger charge is -2.23. The predicted octanol–water partition coefficient (Wildman–Crippen LogP) is 4.49. The second kappa shape index (κ2) is 7.14. The molecule has 1 saturated heterocycles. The molecule has 0 bridgehead atoms. The Bertz CT molecular complexity index is 593. The molecule has 0 spiro atoms. The quantitative estimate of drug-likeness (QED) is 0.747. The number of hydrogen-bond donors (Lipinski definition) is 0. The van der Waals surface area contributed by atoms with E-state index < -0.39 is 0 Å². The van der Waals surface area contributed by atoms with Crippen LogP contribution in [0.5, 0.6) is 0 Å². The Labute approximate surface area is 139 Å². The standard InChI is InChI=1S/C16H19ClN2S2/c1-19(15-5-6-20-11-15)9-12-3-2-4-13(7-12)16-18-14(8-17)10-21-16/h2-4,7,10,15H,5-6,8-9,11H2,1H3. The fourth-order valence-electron chi connectivity index (χ4n) is 2.59. The normalized spacial score (nSPS) is 18.5. The first-order valence-electron chi connectivity index (χ1n) is 7.14. The lowest BCUT2D eigenvalue weighted by molar-refractivity contribution is 0.254. The first-order chi connectivity index (χ1) is 10.3. The number of halogens is 1. The zero-order chi connectivity index (χ0) is 14.7. The molecule has 0 N–H and O–H groups in total. The number of benzene rings is 1. The third-order valence-electron chi connectivity index (χ3n) is 3.82. The highest BCUT2D eigenvalue weighted by atomic mass is 35.5. The lowest BCUT2D eigenvalue weighted by atomic mass is 10.1. The van der Waals surface area contributed by atoms with Gasteiger partial charge < -0.3 is 0 Å². The van der Waals surface area contributed by atoms with E-state index >= 15 is 0 Å². The summed E-state index contributed by atoms with van der Waals surface area (Å²) in [6.45, 7) is 1.01. The summed E-state index contributed by atoms with van der Waals surface area (Å²) in [5.74, 6) is 3.05. The van der Waals surface area contributed by atoms with E-state index in [1.807, 2.05) is 5.38 Å². The van der Waals surface area contributed by atoms with Crippen LogP contribution in [0.1, 0.15) is 17.7 Å². The van der Waals surface area contributed by atoms with Crippen molar-refractivity contribution >= 4 is 34.7 Å². The molecule has 5 heteroatoms. The fourth-order valence-corrected chi connectivity index (χ4v) is 4.93. The van der Waals surface area contributed by atoms with Crippen molar-refractivity contribution in [2.75, 3.05) is 18.6 Å². The molecular formula is C16H19ClN2S2. The van der Waals surface area contributed by atoms with E-state index in [0.717, 1.165) is 23.3 Å². The Morgan fingerprint density at radius 2 is 2.33 bits per heavy atom. The maximum absolute atomic E-state index is 5.84. The van der Waals surface area contributed by atoms with Crippen molar-refractivity contribution in [2.24, 2.45) is 0 Å². The van der Waals surface area contributed by atoms with Gasteiger partial charge in [-0.1, -0.05) is 18.2 Å². The molecule has 1 aromatic carbocycles. The van der Waals surface area contributed by atoms with Crippen molar-refractivity contribution in [1.29, 1.82) is 0 Å². The zero-order valence-electron chi connectivity index (χ0n) is 12.1. The van der Waals surface area contributed by atoms with Crippen LogP contribution in [0, 0.1) is 0 Å². The molecule has 0 saturated carbocycles. The van der Waals surface area contributed by atoms with Gasteiger partial charge in [0.1, 0.15) is 5.01 Å². The first kappa shape index (κ1) is 15.3. The van der Waals surface area contributed by atoms with E-state index in [2.05, 4.69) is 53.0 Å². The van der Waals surface area contributed by atoms with Gasteiger partial charge in [-0.25, -0.2) is 4.98 Å². The third-order valence-corrected chi connectivity index (χ3v) is 6.18. The molecular weight excluding hydrogens is 320 g/mol. The summed E-state index contributed by atoms with van der Waals surface area (Å²) in [7, 11) is 2.23. The molecule has 0 radical (unpaired) electrons. The molecule has 1 aromatic heterocycles. The van der Waals surface area contributed by atoms with Gasteiger partial charge in [-0.2, -0.15) is 11.8 Å². The minimum absolute atomic E-state index is 0.484. The van der Waals surface area contributed by atoms with Gasteiger partial charge in [0.05, 0.1) is 11.6 Å². The van der Waals surface area contributed by atoms with Crippen molar-refractivity contribution in [2.45, 2.75) is 24.9 Å². The van der Waals surface area contributed by atoms with Crippen LogP contribution in [0.4, 0.5) is 0 Å². The third kappa shape index (κ3) is 3.81. The molecule has 21 heavy (non-hydrogen) atoms. The highest BCUT2D eigenvalue weighted by molar-refractivity contribution is 7.99. The molecule has 3 rings (SSSR count).